The fourth-order valence-electron chi connectivity index (χ4n) is 12.7. The van der Waals surface area contributed by atoms with E-state index in [0.717, 1.165) is 77.6 Å². The van der Waals surface area contributed by atoms with Gasteiger partial charge in [0.25, 0.3) is 0 Å². The number of carbonyl (C=O) groups is 2. The van der Waals surface area contributed by atoms with Crippen LogP contribution in [0.5, 0.6) is 0 Å². The van der Waals surface area contributed by atoms with E-state index in [1.807, 2.05) is 12.2 Å². The second kappa shape index (κ2) is 80.8. The number of rotatable bonds is 81. The minimum absolute atomic E-state index is 0.291. The van der Waals surface area contributed by atoms with Crippen molar-refractivity contribution < 1.29 is 38.7 Å². The number of aliphatic hydroxyl groups excluding tert-OH is 2. The minimum Gasteiger partial charge on any atom is -0.463 e. The van der Waals surface area contributed by atoms with E-state index in [-0.39, 0.29) is 11.9 Å². The number of nitrogens with one attached hydrogen (secondary N) is 2. The number of hydrogen-bond donors (Lipinski definition) is 4. The lowest BCUT2D eigenvalue weighted by atomic mass is 10.0. The van der Waals surface area contributed by atoms with Crippen molar-refractivity contribution in [3.8, 4) is 0 Å². The van der Waals surface area contributed by atoms with E-state index >= 15 is 0 Å². The average molecular weight is 1340 g/mol. The van der Waals surface area contributed by atoms with Crippen molar-refractivity contribution in [2.75, 3.05) is 98.7 Å². The third kappa shape index (κ3) is 77.4. The van der Waals surface area contributed by atoms with Crippen LogP contribution in [0.25, 0.3) is 0 Å². The molecule has 0 saturated heterocycles. The highest BCUT2D eigenvalue weighted by Crippen LogP contribution is 2.18. The predicted octanol–water partition coefficient (Wildman–Crippen LogP) is 21.4. The summed E-state index contributed by atoms with van der Waals surface area (Å²) in [6.07, 6.45) is 79.8. The molecule has 562 valence electrons. The number of ether oxygens (including phenoxy) is 4. The van der Waals surface area contributed by atoms with Gasteiger partial charge in [-0.2, -0.15) is 0 Å². The lowest BCUT2D eigenvalue weighted by molar-refractivity contribution is -0.138. The van der Waals surface area contributed by atoms with E-state index < -0.39 is 12.2 Å². The fraction of sp³-hybridized carbons (Fsp3) is 0.904. The van der Waals surface area contributed by atoms with Crippen molar-refractivity contribution in [3.05, 3.63) is 36.5 Å². The van der Waals surface area contributed by atoms with Gasteiger partial charge in [0.15, 0.2) is 0 Å². The summed E-state index contributed by atoms with van der Waals surface area (Å²) in [6, 6.07) is 0. The van der Waals surface area contributed by atoms with Gasteiger partial charge < -0.3 is 44.7 Å². The van der Waals surface area contributed by atoms with Crippen molar-refractivity contribution in [2.45, 2.75) is 387 Å². The smallest absolute Gasteiger partial charge is 0.330 e. The van der Waals surface area contributed by atoms with E-state index in [1.165, 1.54) is 301 Å². The maximum Gasteiger partial charge on any atom is 0.330 e. The van der Waals surface area contributed by atoms with Crippen LogP contribution in [-0.4, -0.2) is 143 Å². The van der Waals surface area contributed by atoms with Crippen LogP contribution in [0.3, 0.4) is 0 Å². The summed E-state index contributed by atoms with van der Waals surface area (Å²) in [7, 11) is 0. The number of unbranched alkanes of at least 4 members (excludes halogenated alkanes) is 49. The normalized spacial score (nSPS) is 12.7. The molecule has 0 aromatic carbocycles. The molecule has 0 rings (SSSR count). The second-order valence-corrected chi connectivity index (χ2v) is 28.4. The largest absolute Gasteiger partial charge is 0.463 e. The molecule has 0 amide bonds. The molecule has 95 heavy (non-hydrogen) atoms. The molecule has 0 heterocycles. The Labute approximate surface area is 590 Å². The highest BCUT2D eigenvalue weighted by molar-refractivity contribution is 5.82. The molecule has 0 aliphatic heterocycles. The first-order chi connectivity index (χ1) is 46.9. The van der Waals surface area contributed by atoms with Gasteiger partial charge in [-0.1, -0.05) is 360 Å². The summed E-state index contributed by atoms with van der Waals surface area (Å²) in [5.41, 5.74) is 0. The maximum atomic E-state index is 12.8. The quantitative estimate of drug-likeness (QED) is 0.0151. The molecule has 0 aromatic rings. The van der Waals surface area contributed by atoms with Crippen molar-refractivity contribution >= 4 is 11.9 Å². The van der Waals surface area contributed by atoms with Gasteiger partial charge in [-0.05, 0) is 58.2 Å². The molecule has 4 N–H and O–H groups in total. The standard InChI is InChI=1S/C83H162N4O8/c1-5-9-13-17-21-25-29-33-37-41-45-49-54-67-86(68-55-53-65-84-75-80(88)76-85-66-61-63-82(90)94-73-58-51-47-43-39-35-31-27-23-19-15-11-7-3)77-81(89)78-87(70-62-64-83(91)95-74-59-52-48-44-40-36-32-28-24-20-16-12-8-4)69-56-60-72-93-79-92-71-57-50-46-42-38-34-30-26-22-18-14-10-6-2/h56,60-64,80-81,84-85,88-89H,5-55,57-59,65-79H2,1-4H3/b60-56+,63-61+,64-62+. The van der Waals surface area contributed by atoms with Crippen LogP contribution in [-0.2, 0) is 28.5 Å². The van der Waals surface area contributed by atoms with Crippen molar-refractivity contribution in [1.29, 1.82) is 0 Å². The first-order valence-electron chi connectivity index (χ1n) is 41.5. The Balaban J connectivity index is 5.13. The summed E-state index contributed by atoms with van der Waals surface area (Å²) < 4.78 is 22.7. The summed E-state index contributed by atoms with van der Waals surface area (Å²) in [4.78, 5) is 29.7. The zero-order chi connectivity index (χ0) is 68.7. The van der Waals surface area contributed by atoms with Gasteiger partial charge in [-0.25, -0.2) is 9.59 Å². The molecule has 0 saturated carbocycles. The Bertz CT molecular complexity index is 1600. The average Bonchev–Trinajstić information content (AvgIpc) is 3.41. The number of aliphatic hydroxyl groups is 2. The van der Waals surface area contributed by atoms with E-state index in [1.54, 1.807) is 12.2 Å². The number of nitrogens with zero attached hydrogens (tertiary/aromatic N) is 2. The number of carbonyl (C=O) groups excluding carboxylic acids is 2. The SMILES string of the molecule is CCCCCCCCCCCCCCCOCOC/C=C/CN(C/C=C/C(=O)OCCCCCCCCCCCCCCC)CC(O)CN(CCCCCCCCCCCCCCC)CCCCNCC(O)CNC/C=C/C(=O)OCCCCCCCCCCCCCCC. The molecular formula is C83H162N4O8. The molecule has 0 fully saturated rings. The minimum atomic E-state index is -0.564. The summed E-state index contributed by atoms with van der Waals surface area (Å²) in [5.74, 6) is -0.596. The van der Waals surface area contributed by atoms with Gasteiger partial charge in [0.2, 0.25) is 0 Å². The van der Waals surface area contributed by atoms with E-state index in [4.69, 9.17) is 18.9 Å². The van der Waals surface area contributed by atoms with Crippen molar-refractivity contribution in [1.82, 2.24) is 20.4 Å². The predicted molar refractivity (Wildman–Crippen MR) is 409 cm³/mol. The van der Waals surface area contributed by atoms with E-state index in [2.05, 4.69) is 54.2 Å². The van der Waals surface area contributed by atoms with Crippen LogP contribution in [0, 0.1) is 0 Å². The topological polar surface area (TPSA) is 142 Å². The van der Waals surface area contributed by atoms with Gasteiger partial charge in [-0.15, -0.1) is 0 Å². The van der Waals surface area contributed by atoms with E-state index in [0.29, 0.717) is 72.4 Å². The molecule has 0 aliphatic carbocycles. The zero-order valence-corrected chi connectivity index (χ0v) is 63.6. The molecule has 12 nitrogen and oxygen atoms in total. The van der Waals surface area contributed by atoms with Crippen LogP contribution >= 0.6 is 0 Å². The number of esters is 2. The van der Waals surface area contributed by atoms with Crippen LogP contribution in [0.15, 0.2) is 36.5 Å². The third-order valence-corrected chi connectivity index (χ3v) is 18.8. The first-order valence-corrected chi connectivity index (χ1v) is 41.5. The Morgan fingerprint density at radius 2 is 0.663 bits per heavy atom. The van der Waals surface area contributed by atoms with Gasteiger partial charge in [0.1, 0.15) is 6.79 Å². The van der Waals surface area contributed by atoms with Crippen molar-refractivity contribution in [3.63, 3.8) is 0 Å². The van der Waals surface area contributed by atoms with Gasteiger partial charge in [-0.3, -0.25) is 4.90 Å². The highest BCUT2D eigenvalue weighted by atomic mass is 16.7. The molecule has 0 radical (unpaired) electrons. The molecule has 2 atom stereocenters. The second-order valence-electron chi connectivity index (χ2n) is 28.4. The number of hydrogen-bond acceptors (Lipinski definition) is 12. The molecular weight excluding hydrogens is 1180 g/mol. The summed E-state index contributed by atoms with van der Waals surface area (Å²) >= 11 is 0. The summed E-state index contributed by atoms with van der Waals surface area (Å²) in [5, 5.41) is 29.1. The van der Waals surface area contributed by atoms with Gasteiger partial charge in [0.05, 0.1) is 32.0 Å². The molecule has 0 aromatic heterocycles. The zero-order valence-electron chi connectivity index (χ0n) is 63.6. The molecule has 2 unspecified atom stereocenters. The lowest BCUT2D eigenvalue weighted by Crippen LogP contribution is -2.41. The van der Waals surface area contributed by atoms with Crippen LogP contribution in [0.1, 0.15) is 374 Å². The first kappa shape index (κ1) is 92.8. The molecule has 0 bridgehead atoms. The molecule has 12 heteroatoms. The Morgan fingerprint density at radius 3 is 1.07 bits per heavy atom. The maximum absolute atomic E-state index is 12.8. The Hall–Kier alpha value is -2.16. The summed E-state index contributed by atoms with van der Waals surface area (Å²) in [6.45, 7) is 17.8. The van der Waals surface area contributed by atoms with Gasteiger partial charge in [0, 0.05) is 64.6 Å². The van der Waals surface area contributed by atoms with Crippen LogP contribution < -0.4 is 10.6 Å². The van der Waals surface area contributed by atoms with Gasteiger partial charge >= 0.3 is 11.9 Å². The van der Waals surface area contributed by atoms with Crippen LogP contribution in [0.4, 0.5) is 0 Å². The molecule has 0 spiro atoms. The van der Waals surface area contributed by atoms with Crippen molar-refractivity contribution in [2.24, 2.45) is 0 Å². The highest BCUT2D eigenvalue weighted by Gasteiger charge is 2.16. The Kier molecular flexibility index (Phi) is 79.0. The lowest BCUT2D eigenvalue weighted by Gasteiger charge is -2.28. The Morgan fingerprint density at radius 1 is 0.337 bits per heavy atom. The monoisotopic (exact) mass is 1340 g/mol. The fourth-order valence-corrected chi connectivity index (χ4v) is 12.7. The molecule has 0 aliphatic rings. The third-order valence-electron chi connectivity index (χ3n) is 18.8. The van der Waals surface area contributed by atoms with E-state index in [9.17, 15) is 19.8 Å². The van der Waals surface area contributed by atoms with Crippen LogP contribution in [0.2, 0.25) is 0 Å².